The van der Waals surface area contributed by atoms with Gasteiger partial charge < -0.3 is 10.3 Å². The summed E-state index contributed by atoms with van der Waals surface area (Å²) in [5, 5.41) is 11.7. The molecule has 212 valence electrons. The number of nitrogens with one attached hydrogen (secondary N) is 3. The van der Waals surface area contributed by atoms with Crippen molar-refractivity contribution < 1.29 is 9.18 Å². The molecule has 1 fully saturated rings. The second kappa shape index (κ2) is 11.2. The van der Waals surface area contributed by atoms with Gasteiger partial charge in [0.05, 0.1) is 23.1 Å². The minimum atomic E-state index is -0.193. The van der Waals surface area contributed by atoms with E-state index >= 15 is 0 Å². The number of H-pyrrole nitrogens is 2. The van der Waals surface area contributed by atoms with Gasteiger partial charge in [-0.05, 0) is 67.6 Å². The quantitative estimate of drug-likeness (QED) is 0.189. The number of halogens is 1. The Morgan fingerprint density at radius 1 is 1.05 bits per heavy atom. The molecule has 0 radical (unpaired) electrons. The Labute approximate surface area is 247 Å². The number of allylic oxidation sites excluding steroid dienone is 3. The van der Waals surface area contributed by atoms with Crippen molar-refractivity contribution in [3.8, 4) is 22.5 Å². The van der Waals surface area contributed by atoms with Gasteiger partial charge in [-0.25, -0.2) is 0 Å². The molecule has 4 heterocycles. The average Bonchev–Trinajstić information content (AvgIpc) is 3.70. The molecule has 2 aliphatic carbocycles. The van der Waals surface area contributed by atoms with E-state index < -0.39 is 0 Å². The number of thiophene rings is 1. The van der Waals surface area contributed by atoms with Crippen LogP contribution in [0.3, 0.4) is 0 Å². The first-order valence-electron chi connectivity index (χ1n) is 14.6. The van der Waals surface area contributed by atoms with Crippen molar-refractivity contribution in [3.63, 3.8) is 0 Å². The van der Waals surface area contributed by atoms with Crippen molar-refractivity contribution in [1.29, 1.82) is 0 Å². The smallest absolute Gasteiger partial charge is 0.224 e. The SMILES string of the molecule is CC1=CC=C(c2ccc(F)s2)c2cc(-c3n[nH]c4ccc(-c5cncc(NC(=O)CC6CCCCC6)c5)cc34)[nH]c2C1. The van der Waals surface area contributed by atoms with Crippen LogP contribution in [0.5, 0.6) is 0 Å². The van der Waals surface area contributed by atoms with Crippen molar-refractivity contribution in [2.75, 3.05) is 5.32 Å². The molecule has 2 aliphatic rings. The molecule has 1 aromatic carbocycles. The molecule has 8 heteroatoms. The molecule has 0 atom stereocenters. The number of fused-ring (bicyclic) bond motifs is 2. The van der Waals surface area contributed by atoms with Crippen LogP contribution in [-0.2, 0) is 11.2 Å². The van der Waals surface area contributed by atoms with Gasteiger partial charge in [0.2, 0.25) is 5.91 Å². The molecule has 7 rings (SSSR count). The van der Waals surface area contributed by atoms with Crippen molar-refractivity contribution >= 4 is 39.4 Å². The van der Waals surface area contributed by atoms with Gasteiger partial charge >= 0.3 is 0 Å². The number of carbonyl (C=O) groups excluding carboxylic acids is 1. The lowest BCUT2D eigenvalue weighted by molar-refractivity contribution is -0.117. The molecule has 5 aromatic rings. The van der Waals surface area contributed by atoms with Gasteiger partial charge in [0.25, 0.3) is 0 Å². The van der Waals surface area contributed by atoms with Gasteiger partial charge in [0, 0.05) is 51.7 Å². The molecule has 42 heavy (non-hydrogen) atoms. The number of rotatable bonds is 6. The first kappa shape index (κ1) is 26.6. The van der Waals surface area contributed by atoms with Gasteiger partial charge in [0.1, 0.15) is 5.69 Å². The molecule has 3 N–H and O–H groups in total. The number of pyridine rings is 1. The summed E-state index contributed by atoms with van der Waals surface area (Å²) in [5.74, 6) is 0.543. The van der Waals surface area contributed by atoms with Crippen LogP contribution in [0, 0.1) is 11.0 Å². The van der Waals surface area contributed by atoms with Crippen LogP contribution in [-0.4, -0.2) is 26.1 Å². The number of hydrogen-bond acceptors (Lipinski definition) is 4. The Balaban J connectivity index is 1.18. The summed E-state index contributed by atoms with van der Waals surface area (Å²) < 4.78 is 13.9. The zero-order valence-corrected chi connectivity index (χ0v) is 24.3. The second-order valence-electron chi connectivity index (χ2n) is 11.5. The van der Waals surface area contributed by atoms with Crippen molar-refractivity contribution in [2.45, 2.75) is 51.9 Å². The summed E-state index contributed by atoms with van der Waals surface area (Å²) in [6, 6.07) is 13.6. The molecule has 1 saturated carbocycles. The van der Waals surface area contributed by atoms with E-state index in [1.165, 1.54) is 30.9 Å². The number of amides is 1. The third kappa shape index (κ3) is 5.34. The summed E-state index contributed by atoms with van der Waals surface area (Å²) in [4.78, 5) is 21.7. The standard InChI is InChI=1S/C34H32FN5OS/c1-20-7-9-25(31-11-12-32(35)42-31)26-17-30(38-29(26)13-20)34-27-16-22(8-10-28(27)39-40-34)23-15-24(19-36-18-23)37-33(41)14-21-5-3-2-4-6-21/h7-12,15-19,21,38H,2-6,13-14H2,1H3,(H,37,41)(H,39,40). The number of nitrogens with zero attached hydrogens (tertiary/aromatic N) is 2. The van der Waals surface area contributed by atoms with Gasteiger partial charge in [-0.2, -0.15) is 9.49 Å². The highest BCUT2D eigenvalue weighted by Crippen LogP contribution is 2.38. The molecule has 0 aliphatic heterocycles. The highest BCUT2D eigenvalue weighted by Gasteiger charge is 2.21. The van der Waals surface area contributed by atoms with Crippen molar-refractivity contribution in [1.82, 2.24) is 20.2 Å². The molecule has 0 saturated heterocycles. The van der Waals surface area contributed by atoms with Crippen LogP contribution in [0.2, 0.25) is 0 Å². The third-order valence-corrected chi connectivity index (χ3v) is 9.30. The lowest BCUT2D eigenvalue weighted by Gasteiger charge is -2.20. The second-order valence-corrected chi connectivity index (χ2v) is 12.5. The first-order valence-corrected chi connectivity index (χ1v) is 15.4. The maximum atomic E-state index is 13.9. The van der Waals surface area contributed by atoms with Crippen molar-refractivity contribution in [3.05, 3.63) is 93.8 Å². The normalized spacial score (nSPS) is 15.7. The summed E-state index contributed by atoms with van der Waals surface area (Å²) >= 11 is 1.16. The number of benzene rings is 1. The Kier molecular flexibility index (Phi) is 7.07. The maximum Gasteiger partial charge on any atom is 0.224 e. The molecule has 4 aromatic heterocycles. The number of aromatic amines is 2. The monoisotopic (exact) mass is 577 g/mol. The fourth-order valence-corrected chi connectivity index (χ4v) is 7.03. The minimum Gasteiger partial charge on any atom is -0.356 e. The first-order chi connectivity index (χ1) is 20.5. The average molecular weight is 578 g/mol. The molecule has 0 bridgehead atoms. The van der Waals surface area contributed by atoms with Crippen LogP contribution in [0.1, 0.15) is 61.6 Å². The fraction of sp³-hybridized carbons (Fsp3) is 0.265. The lowest BCUT2D eigenvalue weighted by Crippen LogP contribution is -2.18. The summed E-state index contributed by atoms with van der Waals surface area (Å²) in [6.45, 7) is 2.11. The van der Waals surface area contributed by atoms with E-state index in [9.17, 15) is 9.18 Å². The Morgan fingerprint density at radius 3 is 2.76 bits per heavy atom. The van der Waals surface area contributed by atoms with E-state index in [1.54, 1.807) is 6.20 Å². The lowest BCUT2D eigenvalue weighted by atomic mass is 9.87. The van der Waals surface area contributed by atoms with Gasteiger partial charge in [-0.1, -0.05) is 43.1 Å². The van der Waals surface area contributed by atoms with E-state index in [1.807, 2.05) is 30.5 Å². The third-order valence-electron chi connectivity index (χ3n) is 8.39. The van der Waals surface area contributed by atoms with Gasteiger partial charge in [-0.3, -0.25) is 14.9 Å². The number of hydrogen-bond donors (Lipinski definition) is 3. The van der Waals surface area contributed by atoms with Crippen LogP contribution in [0.4, 0.5) is 10.1 Å². The molecule has 0 spiro atoms. The van der Waals surface area contributed by atoms with Crippen molar-refractivity contribution in [2.24, 2.45) is 5.92 Å². The largest absolute Gasteiger partial charge is 0.356 e. The topological polar surface area (TPSA) is 86.5 Å². The van der Waals surface area contributed by atoms with E-state index in [4.69, 9.17) is 0 Å². The summed E-state index contributed by atoms with van der Waals surface area (Å²) in [7, 11) is 0. The van der Waals surface area contributed by atoms with E-state index in [0.29, 0.717) is 18.0 Å². The minimum absolute atomic E-state index is 0.0590. The van der Waals surface area contributed by atoms with Crippen LogP contribution in [0.15, 0.2) is 72.6 Å². The number of anilines is 1. The zero-order valence-electron chi connectivity index (χ0n) is 23.5. The van der Waals surface area contributed by atoms with E-state index in [2.05, 4.69) is 56.7 Å². The number of carbonyl (C=O) groups is 1. The predicted molar refractivity (Wildman–Crippen MR) is 168 cm³/mol. The van der Waals surface area contributed by atoms with Crippen LogP contribution >= 0.6 is 11.3 Å². The Morgan fingerprint density at radius 2 is 1.93 bits per heavy atom. The zero-order chi connectivity index (χ0) is 28.6. The molecule has 1 amide bonds. The van der Waals surface area contributed by atoms with E-state index in [0.717, 1.165) is 85.7 Å². The summed E-state index contributed by atoms with van der Waals surface area (Å²) in [6.07, 6.45) is 15.1. The van der Waals surface area contributed by atoms with Gasteiger partial charge in [-0.15, -0.1) is 11.3 Å². The summed E-state index contributed by atoms with van der Waals surface area (Å²) in [5.41, 5.74) is 9.66. The molecule has 0 unspecified atom stereocenters. The highest BCUT2D eigenvalue weighted by molar-refractivity contribution is 7.11. The Hall–Kier alpha value is -4.30. The van der Waals surface area contributed by atoms with Crippen LogP contribution in [0.25, 0.3) is 39.0 Å². The molecule has 6 nitrogen and oxygen atoms in total. The Bertz CT molecular complexity index is 1850. The van der Waals surface area contributed by atoms with Crippen LogP contribution < -0.4 is 5.32 Å². The highest BCUT2D eigenvalue weighted by atomic mass is 32.1. The predicted octanol–water partition coefficient (Wildman–Crippen LogP) is 8.66. The maximum absolute atomic E-state index is 13.9. The molecular formula is C34H32FN5OS. The van der Waals surface area contributed by atoms with Gasteiger partial charge in [0.15, 0.2) is 5.13 Å². The fourth-order valence-electron chi connectivity index (χ4n) is 6.26. The number of aromatic nitrogens is 4. The van der Waals surface area contributed by atoms with E-state index in [-0.39, 0.29) is 11.0 Å². The molecular weight excluding hydrogens is 545 g/mol.